The maximum Gasteiger partial charge on any atom is 0.307 e. The monoisotopic (exact) mass is 297 g/mol. The van der Waals surface area contributed by atoms with Crippen molar-refractivity contribution in [2.75, 3.05) is 20.6 Å². The zero-order valence-electron chi connectivity index (χ0n) is 12.0. The van der Waals surface area contributed by atoms with Crippen molar-refractivity contribution in [2.45, 2.75) is 25.3 Å². The molecule has 1 aliphatic rings. The summed E-state index contributed by atoms with van der Waals surface area (Å²) in [5.41, 5.74) is 6.68. The smallest absolute Gasteiger partial charge is 0.307 e. The van der Waals surface area contributed by atoms with Crippen LogP contribution in [0, 0.1) is 5.92 Å². The van der Waals surface area contributed by atoms with Crippen LogP contribution in [0.4, 0.5) is 4.39 Å². The first-order chi connectivity index (χ1) is 10.1. The van der Waals surface area contributed by atoms with Crippen LogP contribution in [-0.4, -0.2) is 26.5 Å². The fourth-order valence-electron chi connectivity index (χ4n) is 1.92. The van der Waals surface area contributed by atoms with Gasteiger partial charge in [0.15, 0.2) is 11.5 Å². The molecule has 0 amide bonds. The van der Waals surface area contributed by atoms with Crippen molar-refractivity contribution in [1.82, 2.24) is 0 Å². The van der Waals surface area contributed by atoms with E-state index in [0.717, 1.165) is 18.4 Å². The molecule has 1 unspecified atom stereocenters. The number of halogens is 1. The van der Waals surface area contributed by atoms with Gasteiger partial charge in [-0.15, -0.1) is 0 Å². The van der Waals surface area contributed by atoms with Crippen molar-refractivity contribution < 1.29 is 23.4 Å². The summed E-state index contributed by atoms with van der Waals surface area (Å²) in [6.07, 6.45) is 2.38. The molecule has 0 radical (unpaired) electrons. The topological polar surface area (TPSA) is 70.8 Å². The van der Waals surface area contributed by atoms with Crippen LogP contribution in [-0.2, 0) is 9.53 Å². The second-order valence-electron chi connectivity index (χ2n) is 5.10. The van der Waals surface area contributed by atoms with Gasteiger partial charge in [-0.1, -0.05) is 6.07 Å². The standard InChI is InChI=1S/C15H20FNO4/c1-19-15(18)7-12(17)11-4-5-13(21-9-16)14(6-11)20-8-10-2-3-10/h4-6,10,12H,2-3,7-9,17H2,1H3. The van der Waals surface area contributed by atoms with E-state index in [2.05, 4.69) is 4.74 Å². The maximum atomic E-state index is 12.4. The predicted molar refractivity (Wildman–Crippen MR) is 74.8 cm³/mol. The Morgan fingerprint density at radius 2 is 2.14 bits per heavy atom. The summed E-state index contributed by atoms with van der Waals surface area (Å²) in [6, 6.07) is 4.50. The predicted octanol–water partition coefficient (Wildman–Crippen LogP) is 2.34. The average Bonchev–Trinajstić information content (AvgIpc) is 3.30. The Labute approximate surface area is 123 Å². The van der Waals surface area contributed by atoms with Gasteiger partial charge in [0.2, 0.25) is 6.86 Å². The minimum Gasteiger partial charge on any atom is -0.489 e. The van der Waals surface area contributed by atoms with E-state index >= 15 is 0 Å². The van der Waals surface area contributed by atoms with Crippen molar-refractivity contribution >= 4 is 5.97 Å². The summed E-state index contributed by atoms with van der Waals surface area (Å²) in [5, 5.41) is 0. The fourth-order valence-corrected chi connectivity index (χ4v) is 1.92. The number of esters is 1. The summed E-state index contributed by atoms with van der Waals surface area (Å²) in [5.74, 6) is 0.979. The molecule has 6 heteroatoms. The molecule has 2 N–H and O–H groups in total. The SMILES string of the molecule is COC(=O)CC(N)c1ccc(OCF)c(OCC2CC2)c1. The van der Waals surface area contributed by atoms with Crippen molar-refractivity contribution in [3.8, 4) is 11.5 Å². The van der Waals surface area contributed by atoms with Gasteiger partial charge in [0.25, 0.3) is 0 Å². The Morgan fingerprint density at radius 3 is 2.76 bits per heavy atom. The van der Waals surface area contributed by atoms with Gasteiger partial charge in [0.05, 0.1) is 20.1 Å². The largest absolute Gasteiger partial charge is 0.489 e. The third kappa shape index (κ3) is 4.60. The van der Waals surface area contributed by atoms with Gasteiger partial charge in [0, 0.05) is 6.04 Å². The van der Waals surface area contributed by atoms with Crippen molar-refractivity contribution in [3.63, 3.8) is 0 Å². The molecule has 1 aromatic rings. The van der Waals surface area contributed by atoms with Crippen LogP contribution in [0.2, 0.25) is 0 Å². The fraction of sp³-hybridized carbons (Fsp3) is 0.533. The molecule has 1 atom stereocenters. The molecule has 0 heterocycles. The Balaban J connectivity index is 2.09. The minimum absolute atomic E-state index is 0.0713. The number of nitrogens with two attached hydrogens (primary N) is 1. The third-order valence-electron chi connectivity index (χ3n) is 3.39. The van der Waals surface area contributed by atoms with E-state index in [1.54, 1.807) is 18.2 Å². The molecule has 0 saturated heterocycles. The van der Waals surface area contributed by atoms with Crippen LogP contribution in [0.5, 0.6) is 11.5 Å². The number of rotatable bonds is 8. The van der Waals surface area contributed by atoms with E-state index in [1.807, 2.05) is 0 Å². The van der Waals surface area contributed by atoms with E-state index in [-0.39, 0.29) is 12.4 Å². The zero-order chi connectivity index (χ0) is 15.2. The lowest BCUT2D eigenvalue weighted by atomic mass is 10.0. The average molecular weight is 297 g/mol. The van der Waals surface area contributed by atoms with Gasteiger partial charge in [-0.3, -0.25) is 4.79 Å². The van der Waals surface area contributed by atoms with Gasteiger partial charge in [-0.2, -0.15) is 0 Å². The number of carbonyl (C=O) groups excluding carboxylic acids is 1. The van der Waals surface area contributed by atoms with E-state index in [4.69, 9.17) is 15.2 Å². The van der Waals surface area contributed by atoms with E-state index in [0.29, 0.717) is 24.0 Å². The van der Waals surface area contributed by atoms with Crippen LogP contribution >= 0.6 is 0 Å². The molecule has 0 aliphatic heterocycles. The number of ether oxygens (including phenoxy) is 3. The highest BCUT2D eigenvalue weighted by Crippen LogP contribution is 2.34. The summed E-state index contributed by atoms with van der Waals surface area (Å²) < 4.78 is 27.6. The third-order valence-corrected chi connectivity index (χ3v) is 3.39. The molecule has 0 bridgehead atoms. The van der Waals surface area contributed by atoms with Gasteiger partial charge in [-0.05, 0) is 36.5 Å². The lowest BCUT2D eigenvalue weighted by Gasteiger charge is -2.15. The van der Waals surface area contributed by atoms with Crippen LogP contribution in [0.1, 0.15) is 30.9 Å². The van der Waals surface area contributed by atoms with Crippen molar-refractivity contribution in [2.24, 2.45) is 11.7 Å². The Morgan fingerprint density at radius 1 is 1.38 bits per heavy atom. The maximum absolute atomic E-state index is 12.4. The molecule has 21 heavy (non-hydrogen) atoms. The van der Waals surface area contributed by atoms with Crippen molar-refractivity contribution in [1.29, 1.82) is 0 Å². The Hall–Kier alpha value is -1.82. The molecule has 5 nitrogen and oxygen atoms in total. The van der Waals surface area contributed by atoms with Gasteiger partial charge < -0.3 is 19.9 Å². The second-order valence-corrected chi connectivity index (χ2v) is 5.10. The van der Waals surface area contributed by atoms with Crippen molar-refractivity contribution in [3.05, 3.63) is 23.8 Å². The quantitative estimate of drug-likeness (QED) is 0.746. The number of hydrogen-bond acceptors (Lipinski definition) is 5. The molecule has 1 saturated carbocycles. The first kappa shape index (κ1) is 15.6. The van der Waals surface area contributed by atoms with Crippen LogP contribution in [0.3, 0.4) is 0 Å². The van der Waals surface area contributed by atoms with E-state index in [1.165, 1.54) is 7.11 Å². The lowest BCUT2D eigenvalue weighted by molar-refractivity contribution is -0.141. The number of carbonyl (C=O) groups is 1. The number of hydrogen-bond donors (Lipinski definition) is 1. The normalized spacial score (nSPS) is 15.4. The highest BCUT2D eigenvalue weighted by molar-refractivity contribution is 5.70. The van der Waals surface area contributed by atoms with Gasteiger partial charge in [0.1, 0.15) is 0 Å². The summed E-state index contributed by atoms with van der Waals surface area (Å²) in [4.78, 5) is 11.3. The molecular weight excluding hydrogens is 277 g/mol. The molecule has 1 aliphatic carbocycles. The van der Waals surface area contributed by atoms with Gasteiger partial charge in [-0.25, -0.2) is 4.39 Å². The summed E-state index contributed by atoms with van der Waals surface area (Å²) >= 11 is 0. The van der Waals surface area contributed by atoms with Gasteiger partial charge >= 0.3 is 5.97 Å². The number of benzene rings is 1. The molecular formula is C15H20FNO4. The Kier molecular flexibility index (Phi) is 5.38. The van der Waals surface area contributed by atoms with Crippen LogP contribution in [0.25, 0.3) is 0 Å². The molecule has 1 aromatic carbocycles. The second kappa shape index (κ2) is 7.26. The Bertz CT molecular complexity index is 491. The van der Waals surface area contributed by atoms with E-state index < -0.39 is 12.9 Å². The molecule has 116 valence electrons. The lowest BCUT2D eigenvalue weighted by Crippen LogP contribution is -2.16. The zero-order valence-corrected chi connectivity index (χ0v) is 12.0. The molecule has 0 spiro atoms. The molecule has 2 rings (SSSR count). The first-order valence-corrected chi connectivity index (χ1v) is 6.92. The minimum atomic E-state index is -0.923. The molecule has 0 aromatic heterocycles. The number of methoxy groups -OCH3 is 1. The van der Waals surface area contributed by atoms with E-state index in [9.17, 15) is 9.18 Å². The van der Waals surface area contributed by atoms with Crippen LogP contribution < -0.4 is 15.2 Å². The first-order valence-electron chi connectivity index (χ1n) is 6.92. The van der Waals surface area contributed by atoms with Crippen LogP contribution in [0.15, 0.2) is 18.2 Å². The highest BCUT2D eigenvalue weighted by atomic mass is 19.1. The summed E-state index contributed by atoms with van der Waals surface area (Å²) in [6.45, 7) is -0.342. The number of alkyl halides is 1. The highest BCUT2D eigenvalue weighted by Gasteiger charge is 2.23. The summed E-state index contributed by atoms with van der Waals surface area (Å²) in [7, 11) is 1.32. The molecule has 1 fully saturated rings.